The summed E-state index contributed by atoms with van der Waals surface area (Å²) in [6.07, 6.45) is 2.38. The molecule has 2 aliphatic heterocycles. The number of hydrogen-bond donors (Lipinski definition) is 1. The summed E-state index contributed by atoms with van der Waals surface area (Å²) < 4.78 is 5.97. The van der Waals surface area contributed by atoms with Gasteiger partial charge in [-0.2, -0.15) is 15.1 Å². The molecule has 3 heterocycles. The minimum Gasteiger partial charge on any atom is -0.450 e. The minimum atomic E-state index is -0.463. The van der Waals surface area contributed by atoms with Gasteiger partial charge in [0, 0.05) is 5.92 Å². The summed E-state index contributed by atoms with van der Waals surface area (Å²) in [6, 6.07) is 13.5. The number of amidine groups is 2. The van der Waals surface area contributed by atoms with E-state index in [0.29, 0.717) is 15.6 Å². The van der Waals surface area contributed by atoms with Gasteiger partial charge in [0.25, 0.3) is 5.91 Å². The van der Waals surface area contributed by atoms with Crippen LogP contribution in [-0.4, -0.2) is 27.0 Å². The number of benzene rings is 1. The highest BCUT2D eigenvalue weighted by Gasteiger charge is 2.37. The number of halogens is 1. The van der Waals surface area contributed by atoms with Gasteiger partial charge in [-0.05, 0) is 57.9 Å². The van der Waals surface area contributed by atoms with Crippen LogP contribution in [0.4, 0.5) is 0 Å². The van der Waals surface area contributed by atoms with E-state index in [2.05, 4.69) is 45.1 Å². The molecule has 4 rings (SSSR count). The van der Waals surface area contributed by atoms with Crippen molar-refractivity contribution in [1.82, 2.24) is 5.01 Å². The Labute approximate surface area is 168 Å². The van der Waals surface area contributed by atoms with Crippen LogP contribution in [0.15, 0.2) is 67.2 Å². The first kappa shape index (κ1) is 17.9. The Hall–Kier alpha value is -2.45. The molecule has 0 bridgehead atoms. The topological polar surface area (TPSA) is 82.0 Å². The number of furan rings is 1. The summed E-state index contributed by atoms with van der Waals surface area (Å²) in [5, 5.41) is 15.7. The van der Waals surface area contributed by atoms with Gasteiger partial charge in [0.05, 0.1) is 5.57 Å². The summed E-state index contributed by atoms with van der Waals surface area (Å²) in [7, 11) is 0. The van der Waals surface area contributed by atoms with Gasteiger partial charge in [0.15, 0.2) is 10.5 Å². The van der Waals surface area contributed by atoms with Crippen molar-refractivity contribution in [3.8, 4) is 0 Å². The van der Waals surface area contributed by atoms with Crippen LogP contribution in [0.3, 0.4) is 0 Å². The van der Waals surface area contributed by atoms with Crippen molar-refractivity contribution in [3.05, 3.63) is 64.0 Å². The Bertz CT molecular complexity index is 1010. The quantitative estimate of drug-likeness (QED) is 0.685. The molecular weight excluding hydrogens is 428 g/mol. The molecule has 1 aromatic heterocycles. The molecule has 27 heavy (non-hydrogen) atoms. The number of carbonyl (C=O) groups is 1. The fourth-order valence-corrected chi connectivity index (χ4v) is 4.35. The molecule has 1 amide bonds. The monoisotopic (exact) mass is 442 g/mol. The third-order valence-corrected chi connectivity index (χ3v) is 5.71. The van der Waals surface area contributed by atoms with Crippen LogP contribution in [-0.2, 0) is 4.79 Å². The molecule has 0 radical (unpaired) electrons. The van der Waals surface area contributed by atoms with Gasteiger partial charge in [-0.25, -0.2) is 0 Å². The molecule has 6 nitrogen and oxygen atoms in total. The van der Waals surface area contributed by atoms with E-state index >= 15 is 0 Å². The van der Waals surface area contributed by atoms with Crippen molar-refractivity contribution in [1.29, 1.82) is 5.41 Å². The van der Waals surface area contributed by atoms with Gasteiger partial charge < -0.3 is 4.42 Å². The zero-order chi connectivity index (χ0) is 19.0. The maximum Gasteiger partial charge on any atom is 0.283 e. The van der Waals surface area contributed by atoms with Crippen LogP contribution in [0.5, 0.6) is 0 Å². The van der Waals surface area contributed by atoms with E-state index in [1.54, 1.807) is 12.1 Å². The van der Waals surface area contributed by atoms with Gasteiger partial charge >= 0.3 is 0 Å². The summed E-state index contributed by atoms with van der Waals surface area (Å²) >= 11 is 4.58. The van der Waals surface area contributed by atoms with Crippen LogP contribution in [0.25, 0.3) is 6.08 Å². The second-order valence-corrected chi connectivity index (χ2v) is 7.74. The standard InChI is InChI=1S/C19H15BrN4O2S/c1-2-13(11-6-4-3-5-7-11)18-23-24-16(21)14(17(25)22-19(24)27-18)10-12-8-9-15(20)26-12/h3-10,13,21H,2H2,1H3/b14-10+,21-16?. The smallest absolute Gasteiger partial charge is 0.283 e. The molecule has 0 saturated carbocycles. The first-order chi connectivity index (χ1) is 13.1. The van der Waals surface area contributed by atoms with Crippen LogP contribution in [0.1, 0.15) is 30.6 Å². The second-order valence-electron chi connectivity index (χ2n) is 5.97. The zero-order valence-corrected chi connectivity index (χ0v) is 16.8. The van der Waals surface area contributed by atoms with E-state index in [9.17, 15) is 4.79 Å². The summed E-state index contributed by atoms with van der Waals surface area (Å²) in [6.45, 7) is 2.09. The first-order valence-electron chi connectivity index (χ1n) is 8.37. The number of fused-ring (bicyclic) bond motifs is 1. The highest BCUT2D eigenvalue weighted by atomic mass is 79.9. The Balaban J connectivity index is 1.66. The van der Waals surface area contributed by atoms with E-state index in [0.717, 1.165) is 17.0 Å². The number of aliphatic imine (C=N–C) groups is 1. The van der Waals surface area contributed by atoms with E-state index in [-0.39, 0.29) is 17.3 Å². The van der Waals surface area contributed by atoms with Crippen LogP contribution in [0, 0.1) is 5.41 Å². The first-order valence-corrected chi connectivity index (χ1v) is 9.98. The van der Waals surface area contributed by atoms with E-state index in [4.69, 9.17) is 9.83 Å². The fourth-order valence-electron chi connectivity index (χ4n) is 2.93. The number of carbonyl (C=O) groups excluding carboxylic acids is 1. The lowest BCUT2D eigenvalue weighted by Crippen LogP contribution is -2.35. The summed E-state index contributed by atoms with van der Waals surface area (Å²) in [4.78, 5) is 16.6. The molecule has 1 N–H and O–H groups in total. The molecule has 1 aromatic carbocycles. The maximum atomic E-state index is 12.4. The number of thioether (sulfide) groups is 1. The zero-order valence-electron chi connectivity index (χ0n) is 14.3. The lowest BCUT2D eigenvalue weighted by molar-refractivity contribution is -0.114. The molecule has 1 atom stereocenters. The van der Waals surface area contributed by atoms with Crippen molar-refractivity contribution in [2.24, 2.45) is 10.1 Å². The highest BCUT2D eigenvalue weighted by molar-refractivity contribution is 9.10. The van der Waals surface area contributed by atoms with Crippen molar-refractivity contribution < 1.29 is 9.21 Å². The van der Waals surface area contributed by atoms with E-state index in [1.165, 1.54) is 22.8 Å². The summed E-state index contributed by atoms with van der Waals surface area (Å²) in [5.41, 5.74) is 1.31. The predicted molar refractivity (Wildman–Crippen MR) is 111 cm³/mol. The minimum absolute atomic E-state index is 0.00272. The molecule has 0 spiro atoms. The van der Waals surface area contributed by atoms with Gasteiger partial charge in [-0.1, -0.05) is 37.3 Å². The van der Waals surface area contributed by atoms with Gasteiger partial charge in [-0.3, -0.25) is 10.2 Å². The Morgan fingerprint density at radius 2 is 2.07 bits per heavy atom. The second kappa shape index (κ2) is 7.28. The highest BCUT2D eigenvalue weighted by Crippen LogP contribution is 2.36. The molecule has 0 fully saturated rings. The average molecular weight is 443 g/mol. The van der Waals surface area contributed by atoms with Crippen molar-refractivity contribution in [3.63, 3.8) is 0 Å². The largest absolute Gasteiger partial charge is 0.450 e. The number of hydrogen-bond acceptors (Lipinski definition) is 5. The maximum absolute atomic E-state index is 12.4. The van der Waals surface area contributed by atoms with Crippen molar-refractivity contribution in [2.45, 2.75) is 19.3 Å². The number of hydrazone groups is 1. The van der Waals surface area contributed by atoms with E-state index in [1.807, 2.05) is 18.2 Å². The molecule has 0 saturated heterocycles. The van der Waals surface area contributed by atoms with Crippen LogP contribution in [0.2, 0.25) is 0 Å². The number of nitrogens with one attached hydrogen (secondary N) is 1. The third kappa shape index (κ3) is 3.42. The number of rotatable bonds is 4. The Morgan fingerprint density at radius 1 is 1.30 bits per heavy atom. The van der Waals surface area contributed by atoms with Gasteiger partial charge in [-0.15, -0.1) is 0 Å². The lowest BCUT2D eigenvalue weighted by atomic mass is 9.98. The molecule has 0 aliphatic carbocycles. The molecule has 136 valence electrons. The Morgan fingerprint density at radius 3 is 2.74 bits per heavy atom. The number of amides is 1. The molecular formula is C19H15BrN4O2S. The number of nitrogens with zero attached hydrogens (tertiary/aromatic N) is 3. The van der Waals surface area contributed by atoms with Gasteiger partial charge in [0.2, 0.25) is 5.17 Å². The molecule has 8 heteroatoms. The predicted octanol–water partition coefficient (Wildman–Crippen LogP) is 4.86. The van der Waals surface area contributed by atoms with Crippen molar-refractivity contribution in [2.75, 3.05) is 0 Å². The molecule has 2 aliphatic rings. The van der Waals surface area contributed by atoms with Gasteiger partial charge in [0.1, 0.15) is 10.8 Å². The van der Waals surface area contributed by atoms with Crippen molar-refractivity contribution >= 4 is 55.7 Å². The third-order valence-electron chi connectivity index (χ3n) is 4.26. The normalized spacial score (nSPS) is 19.2. The molecule has 2 aromatic rings. The fraction of sp³-hybridized carbons (Fsp3) is 0.158. The average Bonchev–Trinajstić information content (AvgIpc) is 3.26. The SMILES string of the molecule is CCC(C1=NN2C(=N)/C(=C\c3ccc(Br)o3)C(=O)N=C2S1)c1ccccc1. The summed E-state index contributed by atoms with van der Waals surface area (Å²) in [5.74, 6) is 0.111. The van der Waals surface area contributed by atoms with Crippen LogP contribution >= 0.6 is 27.7 Å². The van der Waals surface area contributed by atoms with Crippen LogP contribution < -0.4 is 0 Å². The lowest BCUT2D eigenvalue weighted by Gasteiger charge is -2.19. The Kier molecular flexibility index (Phi) is 4.84. The molecule has 1 unspecified atom stereocenters. The van der Waals surface area contributed by atoms with E-state index < -0.39 is 5.91 Å².